The first-order chi connectivity index (χ1) is 10.6. The summed E-state index contributed by atoms with van der Waals surface area (Å²) in [6.07, 6.45) is 4.41. The SMILES string of the molecule is O=S(=O)(c1cnn(Cc2ccccc2)c1)N1CCC[C@@H]1CO. The molecule has 1 aromatic heterocycles. The molecule has 1 aliphatic rings. The molecule has 1 saturated heterocycles. The molecule has 1 N–H and O–H groups in total. The second-order valence-corrected chi connectivity index (χ2v) is 7.34. The van der Waals surface area contributed by atoms with Crippen LogP contribution in [0.4, 0.5) is 0 Å². The Labute approximate surface area is 130 Å². The second-order valence-electron chi connectivity index (χ2n) is 5.45. The minimum Gasteiger partial charge on any atom is -0.395 e. The van der Waals surface area contributed by atoms with E-state index in [9.17, 15) is 13.5 Å². The number of benzene rings is 1. The van der Waals surface area contributed by atoms with Crippen molar-refractivity contribution in [2.45, 2.75) is 30.3 Å². The molecule has 0 unspecified atom stereocenters. The summed E-state index contributed by atoms with van der Waals surface area (Å²) in [5.74, 6) is 0. The largest absolute Gasteiger partial charge is 0.395 e. The highest BCUT2D eigenvalue weighted by Gasteiger charge is 2.35. The van der Waals surface area contributed by atoms with E-state index in [2.05, 4.69) is 5.10 Å². The molecule has 0 saturated carbocycles. The van der Waals surface area contributed by atoms with Gasteiger partial charge < -0.3 is 5.11 Å². The summed E-state index contributed by atoms with van der Waals surface area (Å²) in [6.45, 7) is 0.842. The van der Waals surface area contributed by atoms with Gasteiger partial charge in [-0.25, -0.2) is 8.42 Å². The smallest absolute Gasteiger partial charge is 0.246 e. The van der Waals surface area contributed by atoms with Gasteiger partial charge in [0.25, 0.3) is 0 Å². The molecule has 2 aromatic rings. The number of hydrogen-bond acceptors (Lipinski definition) is 4. The molecule has 22 heavy (non-hydrogen) atoms. The van der Waals surface area contributed by atoms with Crippen LogP contribution in [-0.2, 0) is 16.6 Å². The third kappa shape index (κ3) is 2.92. The molecule has 1 aliphatic heterocycles. The van der Waals surface area contributed by atoms with Crippen molar-refractivity contribution < 1.29 is 13.5 Å². The van der Waals surface area contributed by atoms with Crippen molar-refractivity contribution >= 4 is 10.0 Å². The maximum Gasteiger partial charge on any atom is 0.246 e. The van der Waals surface area contributed by atoms with Gasteiger partial charge in [0.05, 0.1) is 19.3 Å². The van der Waals surface area contributed by atoms with Gasteiger partial charge in [0.1, 0.15) is 4.90 Å². The fourth-order valence-corrected chi connectivity index (χ4v) is 4.42. The number of hydrogen-bond donors (Lipinski definition) is 1. The van der Waals surface area contributed by atoms with Crippen molar-refractivity contribution in [2.24, 2.45) is 0 Å². The molecule has 3 rings (SSSR count). The predicted octanol–water partition coefficient (Wildman–Crippen LogP) is 1.08. The molecule has 2 heterocycles. The Morgan fingerprint density at radius 2 is 2.05 bits per heavy atom. The maximum absolute atomic E-state index is 12.6. The van der Waals surface area contributed by atoms with Gasteiger partial charge in [0, 0.05) is 18.8 Å². The Morgan fingerprint density at radius 3 is 2.77 bits per heavy atom. The zero-order chi connectivity index (χ0) is 15.6. The van der Waals surface area contributed by atoms with Crippen LogP contribution in [0, 0.1) is 0 Å². The monoisotopic (exact) mass is 321 g/mol. The Hall–Kier alpha value is -1.70. The Kier molecular flexibility index (Phi) is 4.28. The average molecular weight is 321 g/mol. The van der Waals surface area contributed by atoms with Crippen molar-refractivity contribution in [3.63, 3.8) is 0 Å². The molecule has 6 nitrogen and oxygen atoms in total. The van der Waals surface area contributed by atoms with Crippen molar-refractivity contribution in [3.05, 3.63) is 48.3 Å². The highest BCUT2D eigenvalue weighted by molar-refractivity contribution is 7.89. The average Bonchev–Trinajstić information content (AvgIpc) is 3.17. The number of sulfonamides is 1. The molecule has 1 fully saturated rings. The number of rotatable bonds is 5. The summed E-state index contributed by atoms with van der Waals surface area (Å²) in [5.41, 5.74) is 1.06. The molecule has 0 bridgehead atoms. The van der Waals surface area contributed by atoms with Crippen LogP contribution in [0.5, 0.6) is 0 Å². The Bertz CT molecular complexity index is 728. The van der Waals surface area contributed by atoms with Gasteiger partial charge >= 0.3 is 0 Å². The summed E-state index contributed by atoms with van der Waals surface area (Å²) >= 11 is 0. The molecular weight excluding hydrogens is 302 g/mol. The lowest BCUT2D eigenvalue weighted by Gasteiger charge is -2.21. The van der Waals surface area contributed by atoms with Gasteiger partial charge in [-0.1, -0.05) is 30.3 Å². The minimum atomic E-state index is -3.58. The van der Waals surface area contributed by atoms with Crippen molar-refractivity contribution in [1.82, 2.24) is 14.1 Å². The first-order valence-electron chi connectivity index (χ1n) is 7.30. The molecule has 0 amide bonds. The molecule has 0 spiro atoms. The summed E-state index contributed by atoms with van der Waals surface area (Å²) in [7, 11) is -3.58. The van der Waals surface area contributed by atoms with Gasteiger partial charge in [0.15, 0.2) is 0 Å². The van der Waals surface area contributed by atoms with E-state index in [1.807, 2.05) is 30.3 Å². The third-order valence-electron chi connectivity index (χ3n) is 3.94. The lowest BCUT2D eigenvalue weighted by atomic mass is 10.2. The molecule has 7 heteroatoms. The van der Waals surface area contributed by atoms with Crippen LogP contribution in [-0.4, -0.2) is 46.8 Å². The van der Waals surface area contributed by atoms with Gasteiger partial charge in [-0.3, -0.25) is 4.68 Å². The van der Waals surface area contributed by atoms with Crippen LogP contribution in [0.1, 0.15) is 18.4 Å². The summed E-state index contributed by atoms with van der Waals surface area (Å²) < 4.78 is 28.3. The van der Waals surface area contributed by atoms with Gasteiger partial charge in [-0.2, -0.15) is 9.40 Å². The lowest BCUT2D eigenvalue weighted by Crippen LogP contribution is -2.37. The first-order valence-corrected chi connectivity index (χ1v) is 8.74. The van der Waals surface area contributed by atoms with Gasteiger partial charge in [-0.15, -0.1) is 0 Å². The number of aliphatic hydroxyl groups excluding tert-OH is 1. The Balaban J connectivity index is 1.81. The molecule has 1 aromatic carbocycles. The first kappa shape index (κ1) is 15.2. The van der Waals surface area contributed by atoms with Crippen molar-refractivity contribution in [3.8, 4) is 0 Å². The standard InChI is InChI=1S/C15H19N3O3S/c19-12-14-7-4-8-18(14)22(20,21)15-9-16-17(11-15)10-13-5-2-1-3-6-13/h1-3,5-6,9,11,14,19H,4,7-8,10,12H2/t14-/m1/s1. The highest BCUT2D eigenvalue weighted by atomic mass is 32.2. The van der Waals surface area contributed by atoms with Crippen LogP contribution in [0.25, 0.3) is 0 Å². The zero-order valence-electron chi connectivity index (χ0n) is 12.2. The number of aliphatic hydroxyl groups is 1. The van der Waals surface area contributed by atoms with E-state index in [0.717, 1.165) is 12.0 Å². The van der Waals surface area contributed by atoms with E-state index < -0.39 is 10.0 Å². The third-order valence-corrected chi connectivity index (χ3v) is 5.84. The maximum atomic E-state index is 12.6. The highest BCUT2D eigenvalue weighted by Crippen LogP contribution is 2.25. The molecule has 0 radical (unpaired) electrons. The summed E-state index contributed by atoms with van der Waals surface area (Å²) in [5, 5.41) is 13.5. The normalized spacial score (nSPS) is 19.6. The number of nitrogens with zero attached hydrogens (tertiary/aromatic N) is 3. The fraction of sp³-hybridized carbons (Fsp3) is 0.400. The summed E-state index contributed by atoms with van der Waals surface area (Å²) in [6, 6.07) is 9.43. The molecule has 118 valence electrons. The van der Waals surface area contributed by atoms with E-state index in [1.54, 1.807) is 10.9 Å². The van der Waals surface area contributed by atoms with Crippen LogP contribution in [0.3, 0.4) is 0 Å². The molecule has 1 atom stereocenters. The van der Waals surface area contributed by atoms with Crippen LogP contribution < -0.4 is 0 Å². The lowest BCUT2D eigenvalue weighted by molar-refractivity contribution is 0.213. The van der Waals surface area contributed by atoms with E-state index >= 15 is 0 Å². The van der Waals surface area contributed by atoms with Crippen LogP contribution in [0.2, 0.25) is 0 Å². The van der Waals surface area contributed by atoms with E-state index in [4.69, 9.17) is 0 Å². The zero-order valence-corrected chi connectivity index (χ0v) is 13.0. The van der Waals surface area contributed by atoms with Crippen molar-refractivity contribution in [1.29, 1.82) is 0 Å². The quantitative estimate of drug-likeness (QED) is 0.894. The number of aromatic nitrogens is 2. The van der Waals surface area contributed by atoms with Crippen LogP contribution in [0.15, 0.2) is 47.6 Å². The second kappa shape index (κ2) is 6.20. The van der Waals surface area contributed by atoms with E-state index in [1.165, 1.54) is 10.5 Å². The van der Waals surface area contributed by atoms with Gasteiger partial charge in [0.2, 0.25) is 10.0 Å². The van der Waals surface area contributed by atoms with Gasteiger partial charge in [-0.05, 0) is 18.4 Å². The molecule has 0 aliphatic carbocycles. The topological polar surface area (TPSA) is 75.4 Å². The minimum absolute atomic E-state index is 0.141. The summed E-state index contributed by atoms with van der Waals surface area (Å²) in [4.78, 5) is 0.184. The molecular formula is C15H19N3O3S. The van der Waals surface area contributed by atoms with E-state index in [-0.39, 0.29) is 17.5 Å². The Morgan fingerprint density at radius 1 is 1.27 bits per heavy atom. The van der Waals surface area contributed by atoms with Crippen LogP contribution >= 0.6 is 0 Å². The van der Waals surface area contributed by atoms with Crippen molar-refractivity contribution in [2.75, 3.05) is 13.2 Å². The van der Waals surface area contributed by atoms with E-state index in [0.29, 0.717) is 19.5 Å². The fourth-order valence-electron chi connectivity index (χ4n) is 2.78. The predicted molar refractivity (Wildman–Crippen MR) is 81.8 cm³/mol.